The van der Waals surface area contributed by atoms with Gasteiger partial charge in [0.1, 0.15) is 17.9 Å². The summed E-state index contributed by atoms with van der Waals surface area (Å²) in [7, 11) is 2.04. The molecular formula is C33H49N7O4. The number of aryl methyl sites for hydroxylation is 1. The van der Waals surface area contributed by atoms with Gasteiger partial charge in [-0.1, -0.05) is 51.7 Å². The predicted molar refractivity (Wildman–Crippen MR) is 171 cm³/mol. The van der Waals surface area contributed by atoms with E-state index >= 15 is 0 Å². The first kappa shape index (κ1) is 33.2. The molecule has 2 N–H and O–H groups in total. The standard InChI is InChI=1S/C33H49N7O4/c1-5-28(42)36-30(33(44)38-21-19-37(4)20-22-38)24(3)25-13-15-27(16-14-25)35-32(43)31(26-11-9-7-8-10-12-26)39(23-41)29-17-18-34-40(29)6-2/h13-18,23-24,26,30-31H,5-12,19-22H2,1-4H3,(H,35,43)(H,36,42)/t24-,30+,31-/m0/s1. The smallest absolute Gasteiger partial charge is 0.247 e. The van der Waals surface area contributed by atoms with E-state index in [2.05, 4.69) is 20.6 Å². The maximum atomic E-state index is 13.9. The summed E-state index contributed by atoms with van der Waals surface area (Å²) in [5.41, 5.74) is 1.49. The Balaban J connectivity index is 1.53. The van der Waals surface area contributed by atoms with Gasteiger partial charge in [0.2, 0.25) is 24.1 Å². The average Bonchev–Trinajstić information content (AvgIpc) is 3.35. The van der Waals surface area contributed by atoms with Gasteiger partial charge in [0, 0.05) is 56.8 Å². The minimum Gasteiger partial charge on any atom is -0.344 e. The van der Waals surface area contributed by atoms with Crippen LogP contribution in [-0.4, -0.2) is 89.0 Å². The third kappa shape index (κ3) is 8.05. The number of carbonyl (C=O) groups is 4. The highest BCUT2D eigenvalue weighted by atomic mass is 16.2. The zero-order chi connectivity index (χ0) is 31.6. The highest BCUT2D eigenvalue weighted by Gasteiger charge is 2.36. The Kier molecular flexibility index (Phi) is 11.9. The van der Waals surface area contributed by atoms with Gasteiger partial charge in [0.15, 0.2) is 0 Å². The Morgan fingerprint density at radius 3 is 2.25 bits per heavy atom. The van der Waals surface area contributed by atoms with E-state index in [1.807, 2.05) is 50.1 Å². The number of benzene rings is 1. The van der Waals surface area contributed by atoms with E-state index in [-0.39, 0.29) is 29.6 Å². The molecule has 2 aliphatic rings. The number of anilines is 2. The van der Waals surface area contributed by atoms with Gasteiger partial charge in [0.05, 0.1) is 6.20 Å². The third-order valence-electron chi connectivity index (χ3n) is 9.21. The van der Waals surface area contributed by atoms with Gasteiger partial charge >= 0.3 is 0 Å². The number of aromatic nitrogens is 2. The SMILES string of the molecule is CCC(=O)N[C@@H](C(=O)N1CCN(C)CC1)[C@@H](C)c1ccc(NC(=O)[C@H](C2CCCCCC2)N(C=O)c2ccnn2CC)cc1. The molecule has 3 atom stereocenters. The largest absolute Gasteiger partial charge is 0.344 e. The van der Waals surface area contributed by atoms with Gasteiger partial charge in [-0.05, 0) is 50.4 Å². The van der Waals surface area contributed by atoms with Crippen molar-refractivity contribution >= 4 is 35.6 Å². The van der Waals surface area contributed by atoms with E-state index in [9.17, 15) is 19.2 Å². The van der Waals surface area contributed by atoms with Crippen molar-refractivity contribution < 1.29 is 19.2 Å². The van der Waals surface area contributed by atoms with Crippen LogP contribution in [0.4, 0.5) is 11.5 Å². The fourth-order valence-electron chi connectivity index (χ4n) is 6.42. The number of nitrogens with one attached hydrogen (secondary N) is 2. The van der Waals surface area contributed by atoms with Crippen molar-refractivity contribution in [2.45, 2.75) is 90.3 Å². The van der Waals surface area contributed by atoms with Crippen LogP contribution >= 0.6 is 0 Å². The summed E-state index contributed by atoms with van der Waals surface area (Å²) in [5.74, 6) is -0.0989. The second-order valence-corrected chi connectivity index (χ2v) is 12.1. The molecule has 2 aromatic rings. The average molecular weight is 608 g/mol. The molecule has 1 saturated carbocycles. The molecule has 44 heavy (non-hydrogen) atoms. The Bertz CT molecular complexity index is 1250. The molecule has 11 heteroatoms. The fourth-order valence-corrected chi connectivity index (χ4v) is 6.42. The van der Waals surface area contributed by atoms with Gasteiger partial charge in [-0.15, -0.1) is 0 Å². The second-order valence-electron chi connectivity index (χ2n) is 12.1. The lowest BCUT2D eigenvalue weighted by Crippen LogP contribution is -2.55. The minimum absolute atomic E-state index is 0.0331. The van der Waals surface area contributed by atoms with E-state index in [0.717, 1.165) is 63.6 Å². The first-order valence-electron chi connectivity index (χ1n) is 16.2. The summed E-state index contributed by atoms with van der Waals surface area (Å²) in [6.45, 7) is 9.12. The van der Waals surface area contributed by atoms with Crippen LogP contribution in [0.15, 0.2) is 36.5 Å². The van der Waals surface area contributed by atoms with Crippen molar-refractivity contribution in [2.75, 3.05) is 43.4 Å². The van der Waals surface area contributed by atoms with Gasteiger partial charge in [-0.3, -0.25) is 24.1 Å². The van der Waals surface area contributed by atoms with Crippen molar-refractivity contribution in [3.63, 3.8) is 0 Å². The Hall–Kier alpha value is -3.73. The van der Waals surface area contributed by atoms with E-state index in [1.165, 1.54) is 0 Å². The zero-order valence-corrected chi connectivity index (χ0v) is 26.7. The topological polar surface area (TPSA) is 120 Å². The predicted octanol–water partition coefficient (Wildman–Crippen LogP) is 3.62. The number of rotatable bonds is 12. The monoisotopic (exact) mass is 607 g/mol. The molecule has 0 radical (unpaired) electrons. The summed E-state index contributed by atoms with van der Waals surface area (Å²) < 4.78 is 1.73. The summed E-state index contributed by atoms with van der Waals surface area (Å²) in [4.78, 5) is 58.0. The molecule has 2 fully saturated rings. The Labute approximate surface area is 261 Å². The normalized spacial score (nSPS) is 18.5. The van der Waals surface area contributed by atoms with Crippen LogP contribution in [0.1, 0.15) is 77.2 Å². The first-order valence-corrected chi connectivity index (χ1v) is 16.2. The lowest BCUT2D eigenvalue weighted by atomic mass is 9.89. The lowest BCUT2D eigenvalue weighted by molar-refractivity contribution is -0.138. The molecule has 11 nitrogen and oxygen atoms in total. The van der Waals surface area contributed by atoms with Crippen molar-refractivity contribution in [3.8, 4) is 0 Å². The van der Waals surface area contributed by atoms with Gasteiger partial charge in [-0.2, -0.15) is 5.10 Å². The Morgan fingerprint density at radius 1 is 1.00 bits per heavy atom. The maximum absolute atomic E-state index is 13.9. The molecule has 1 aliphatic heterocycles. The number of likely N-dealkylation sites (N-methyl/N-ethyl adjacent to an activating group) is 1. The summed E-state index contributed by atoms with van der Waals surface area (Å²) in [6.07, 6.45) is 8.80. The van der Waals surface area contributed by atoms with Gasteiger partial charge in [0.25, 0.3) is 0 Å². The summed E-state index contributed by atoms with van der Waals surface area (Å²) in [6, 6.07) is 7.88. The first-order chi connectivity index (χ1) is 21.3. The highest BCUT2D eigenvalue weighted by molar-refractivity contribution is 6.00. The molecule has 0 bridgehead atoms. The second kappa shape index (κ2) is 15.8. The van der Waals surface area contributed by atoms with E-state index in [1.54, 1.807) is 28.8 Å². The zero-order valence-electron chi connectivity index (χ0n) is 26.7. The number of hydrogen-bond donors (Lipinski definition) is 2. The number of amides is 4. The molecule has 1 saturated heterocycles. The molecule has 4 rings (SSSR count). The molecule has 240 valence electrons. The van der Waals surface area contributed by atoms with E-state index in [4.69, 9.17) is 0 Å². The van der Waals surface area contributed by atoms with Crippen molar-refractivity contribution in [1.29, 1.82) is 0 Å². The van der Waals surface area contributed by atoms with Gasteiger partial charge < -0.3 is 20.4 Å². The molecule has 2 heterocycles. The van der Waals surface area contributed by atoms with Crippen LogP contribution in [0.25, 0.3) is 0 Å². The number of piperazine rings is 1. The highest BCUT2D eigenvalue weighted by Crippen LogP contribution is 2.31. The number of hydrogen-bond acceptors (Lipinski definition) is 6. The molecule has 0 spiro atoms. The molecule has 1 aromatic heterocycles. The fraction of sp³-hybridized carbons (Fsp3) is 0.606. The molecule has 4 amide bonds. The Morgan fingerprint density at radius 2 is 1.66 bits per heavy atom. The molecule has 1 aromatic carbocycles. The van der Waals surface area contributed by atoms with Crippen LogP contribution in [-0.2, 0) is 25.7 Å². The maximum Gasteiger partial charge on any atom is 0.247 e. The number of carbonyl (C=O) groups excluding carboxylic acids is 4. The lowest BCUT2D eigenvalue weighted by Gasteiger charge is -2.36. The van der Waals surface area contributed by atoms with Crippen LogP contribution in [0.3, 0.4) is 0 Å². The van der Waals surface area contributed by atoms with Crippen molar-refractivity contribution in [3.05, 3.63) is 42.1 Å². The van der Waals surface area contributed by atoms with Crippen molar-refractivity contribution in [1.82, 2.24) is 24.9 Å². The quantitative estimate of drug-likeness (QED) is 0.281. The van der Waals surface area contributed by atoms with Crippen molar-refractivity contribution in [2.24, 2.45) is 5.92 Å². The molecule has 0 unspecified atom stereocenters. The van der Waals surface area contributed by atoms with Crippen LogP contribution in [0, 0.1) is 5.92 Å². The van der Waals surface area contributed by atoms with Gasteiger partial charge in [-0.25, -0.2) is 4.68 Å². The third-order valence-corrected chi connectivity index (χ3v) is 9.21. The van der Waals surface area contributed by atoms with E-state index < -0.39 is 12.1 Å². The van der Waals surface area contributed by atoms with Crippen LogP contribution < -0.4 is 15.5 Å². The molecular weight excluding hydrogens is 558 g/mol. The van der Waals surface area contributed by atoms with Crippen LogP contribution in [0.2, 0.25) is 0 Å². The summed E-state index contributed by atoms with van der Waals surface area (Å²) in [5, 5.41) is 10.4. The molecule has 1 aliphatic carbocycles. The van der Waals surface area contributed by atoms with Crippen LogP contribution in [0.5, 0.6) is 0 Å². The van der Waals surface area contributed by atoms with E-state index in [0.29, 0.717) is 37.6 Å². The summed E-state index contributed by atoms with van der Waals surface area (Å²) >= 11 is 0. The number of nitrogens with zero attached hydrogens (tertiary/aromatic N) is 5. The minimum atomic E-state index is -0.685.